The molecule has 0 aliphatic carbocycles. The van der Waals surface area contributed by atoms with E-state index in [1.165, 1.54) is 10.6 Å². The van der Waals surface area contributed by atoms with E-state index < -0.39 is 0 Å². The Morgan fingerprint density at radius 1 is 1.33 bits per heavy atom. The first-order valence-electron chi connectivity index (χ1n) is 8.42. The van der Waals surface area contributed by atoms with Crippen molar-refractivity contribution in [2.45, 2.75) is 47.7 Å². The number of guanidine groups is 1. The van der Waals surface area contributed by atoms with Gasteiger partial charge in [0.2, 0.25) is 0 Å². The van der Waals surface area contributed by atoms with Crippen molar-refractivity contribution in [2.75, 3.05) is 13.1 Å². The minimum atomic E-state index is 0.453. The zero-order valence-corrected chi connectivity index (χ0v) is 16.1. The van der Waals surface area contributed by atoms with Crippen molar-refractivity contribution in [3.63, 3.8) is 0 Å². The summed E-state index contributed by atoms with van der Waals surface area (Å²) in [5.74, 6) is 1.29. The number of aromatic nitrogens is 3. The largest absolute Gasteiger partial charge is 0.357 e. The van der Waals surface area contributed by atoms with Gasteiger partial charge < -0.3 is 10.6 Å². The number of aliphatic imine (C=N–C) groups is 1. The lowest BCUT2D eigenvalue weighted by atomic mass is 10.2. The molecule has 2 N–H and O–H groups in total. The van der Waals surface area contributed by atoms with Gasteiger partial charge in [0.05, 0.1) is 12.2 Å². The lowest BCUT2D eigenvalue weighted by Gasteiger charge is -2.16. The molecule has 6 nitrogen and oxygen atoms in total. The fourth-order valence-electron chi connectivity index (χ4n) is 2.45. The predicted molar refractivity (Wildman–Crippen MR) is 101 cm³/mol. The maximum absolute atomic E-state index is 4.62. The summed E-state index contributed by atoms with van der Waals surface area (Å²) in [6, 6.07) is 2.11. The smallest absolute Gasteiger partial charge is 0.191 e. The van der Waals surface area contributed by atoms with Gasteiger partial charge in [0.15, 0.2) is 5.96 Å². The molecule has 2 rings (SSSR count). The zero-order valence-electron chi connectivity index (χ0n) is 15.3. The molecule has 0 aliphatic heterocycles. The Morgan fingerprint density at radius 2 is 2.12 bits per heavy atom. The van der Waals surface area contributed by atoms with Crippen LogP contribution in [0.1, 0.15) is 35.1 Å². The summed E-state index contributed by atoms with van der Waals surface area (Å²) in [5, 5.41) is 12.3. The minimum Gasteiger partial charge on any atom is -0.357 e. The van der Waals surface area contributed by atoms with Gasteiger partial charge in [-0.15, -0.1) is 11.3 Å². The van der Waals surface area contributed by atoms with E-state index >= 15 is 0 Å². The van der Waals surface area contributed by atoms with Gasteiger partial charge in [-0.2, -0.15) is 5.10 Å². The first kappa shape index (κ1) is 18.4. The number of hydrogen-bond acceptors (Lipinski definition) is 4. The van der Waals surface area contributed by atoms with Gasteiger partial charge in [0.1, 0.15) is 5.01 Å². The summed E-state index contributed by atoms with van der Waals surface area (Å²) < 4.78 is 2.07. The zero-order chi connectivity index (χ0) is 17.5. The van der Waals surface area contributed by atoms with Crippen LogP contribution >= 0.6 is 11.3 Å². The van der Waals surface area contributed by atoms with Crippen LogP contribution in [-0.4, -0.2) is 33.8 Å². The average Bonchev–Trinajstić information content (AvgIpc) is 3.07. The lowest BCUT2D eigenvalue weighted by molar-refractivity contribution is 0.436. The SMILES string of the molecule is CCNC(=NCc1ncc(C)s1)NCC(C)Cn1nc(C)cc1C. The van der Waals surface area contributed by atoms with Crippen LogP contribution in [0.3, 0.4) is 0 Å². The average molecular weight is 349 g/mol. The third kappa shape index (κ3) is 5.63. The Hall–Kier alpha value is -1.89. The van der Waals surface area contributed by atoms with Crippen molar-refractivity contribution < 1.29 is 0 Å². The number of aryl methyl sites for hydroxylation is 3. The number of nitrogens with zero attached hydrogens (tertiary/aromatic N) is 4. The van der Waals surface area contributed by atoms with Crippen LogP contribution in [-0.2, 0) is 13.1 Å². The van der Waals surface area contributed by atoms with E-state index in [1.807, 2.05) is 13.1 Å². The second kappa shape index (κ2) is 8.82. The Balaban J connectivity index is 1.86. The molecule has 0 aliphatic rings. The fraction of sp³-hybridized carbons (Fsp3) is 0.588. The Morgan fingerprint density at radius 3 is 2.71 bits per heavy atom. The molecule has 1 atom stereocenters. The Bertz CT molecular complexity index is 672. The van der Waals surface area contributed by atoms with E-state index in [2.05, 4.69) is 64.2 Å². The second-order valence-corrected chi connectivity index (χ2v) is 7.47. The molecular weight excluding hydrogens is 320 g/mol. The van der Waals surface area contributed by atoms with Crippen molar-refractivity contribution in [1.82, 2.24) is 25.4 Å². The summed E-state index contributed by atoms with van der Waals surface area (Å²) >= 11 is 1.69. The molecule has 0 saturated heterocycles. The van der Waals surface area contributed by atoms with Crippen molar-refractivity contribution in [2.24, 2.45) is 10.9 Å². The van der Waals surface area contributed by atoms with Crippen LogP contribution in [0, 0.1) is 26.7 Å². The first-order valence-corrected chi connectivity index (χ1v) is 9.24. The van der Waals surface area contributed by atoms with Gasteiger partial charge in [0, 0.05) is 36.4 Å². The van der Waals surface area contributed by atoms with Gasteiger partial charge in [-0.3, -0.25) is 4.68 Å². The molecule has 0 fully saturated rings. The van der Waals surface area contributed by atoms with Crippen molar-refractivity contribution in [1.29, 1.82) is 0 Å². The molecule has 0 saturated carbocycles. The normalized spacial score (nSPS) is 13.1. The molecule has 132 valence electrons. The van der Waals surface area contributed by atoms with E-state index in [-0.39, 0.29) is 0 Å². The van der Waals surface area contributed by atoms with E-state index in [9.17, 15) is 0 Å². The minimum absolute atomic E-state index is 0.453. The van der Waals surface area contributed by atoms with E-state index in [1.54, 1.807) is 11.3 Å². The highest BCUT2D eigenvalue weighted by molar-refractivity contribution is 7.11. The Labute approximate surface area is 148 Å². The second-order valence-electron chi connectivity index (χ2n) is 6.16. The molecule has 0 bridgehead atoms. The molecular formula is C17H28N6S. The molecule has 2 heterocycles. The summed E-state index contributed by atoms with van der Waals surface area (Å²) in [6.45, 7) is 13.7. The number of rotatable bonds is 7. The molecule has 2 aromatic heterocycles. The van der Waals surface area contributed by atoms with Crippen LogP contribution in [0.2, 0.25) is 0 Å². The number of nitrogens with one attached hydrogen (secondary N) is 2. The molecule has 0 spiro atoms. The van der Waals surface area contributed by atoms with Crippen LogP contribution in [0.4, 0.5) is 0 Å². The third-order valence-corrected chi connectivity index (χ3v) is 4.49. The van der Waals surface area contributed by atoms with E-state index in [4.69, 9.17) is 0 Å². The summed E-state index contributed by atoms with van der Waals surface area (Å²) in [5.41, 5.74) is 2.28. The quantitative estimate of drug-likeness (QED) is 0.596. The highest BCUT2D eigenvalue weighted by Crippen LogP contribution is 2.11. The molecule has 1 unspecified atom stereocenters. The van der Waals surface area contributed by atoms with E-state index in [0.29, 0.717) is 12.5 Å². The lowest BCUT2D eigenvalue weighted by Crippen LogP contribution is -2.40. The standard InChI is InChI=1S/C17H28N6S/c1-6-18-17(21-10-16-19-9-15(5)24-16)20-8-12(2)11-23-14(4)7-13(3)22-23/h7,9,12H,6,8,10-11H2,1-5H3,(H2,18,20,21). The van der Waals surface area contributed by atoms with Gasteiger partial charge in [0.25, 0.3) is 0 Å². The molecule has 24 heavy (non-hydrogen) atoms. The number of hydrogen-bond donors (Lipinski definition) is 2. The molecule has 2 aromatic rings. The maximum Gasteiger partial charge on any atom is 0.191 e. The monoisotopic (exact) mass is 348 g/mol. The van der Waals surface area contributed by atoms with Crippen molar-refractivity contribution in [3.05, 3.63) is 33.5 Å². The molecule has 0 radical (unpaired) electrons. The molecule has 0 aromatic carbocycles. The third-order valence-electron chi connectivity index (χ3n) is 3.59. The molecule has 7 heteroatoms. The summed E-state index contributed by atoms with van der Waals surface area (Å²) in [4.78, 5) is 10.2. The summed E-state index contributed by atoms with van der Waals surface area (Å²) in [6.07, 6.45) is 1.90. The number of thiazole rings is 1. The summed E-state index contributed by atoms with van der Waals surface area (Å²) in [7, 11) is 0. The first-order chi connectivity index (χ1) is 11.5. The van der Waals surface area contributed by atoms with E-state index in [0.717, 1.165) is 36.3 Å². The van der Waals surface area contributed by atoms with Crippen molar-refractivity contribution in [3.8, 4) is 0 Å². The van der Waals surface area contributed by atoms with Gasteiger partial charge >= 0.3 is 0 Å². The van der Waals surface area contributed by atoms with Crippen LogP contribution in [0.5, 0.6) is 0 Å². The highest BCUT2D eigenvalue weighted by atomic mass is 32.1. The van der Waals surface area contributed by atoms with Crippen LogP contribution in [0.25, 0.3) is 0 Å². The Kier molecular flexibility index (Phi) is 6.78. The van der Waals surface area contributed by atoms with Crippen LogP contribution < -0.4 is 10.6 Å². The van der Waals surface area contributed by atoms with Gasteiger partial charge in [-0.25, -0.2) is 9.98 Å². The van der Waals surface area contributed by atoms with Gasteiger partial charge in [-0.1, -0.05) is 6.92 Å². The van der Waals surface area contributed by atoms with Crippen molar-refractivity contribution >= 4 is 17.3 Å². The van der Waals surface area contributed by atoms with Crippen LogP contribution in [0.15, 0.2) is 17.3 Å². The van der Waals surface area contributed by atoms with Gasteiger partial charge in [-0.05, 0) is 39.7 Å². The topological polar surface area (TPSA) is 67.1 Å². The fourth-order valence-corrected chi connectivity index (χ4v) is 3.16. The highest BCUT2D eigenvalue weighted by Gasteiger charge is 2.08. The molecule has 0 amide bonds. The maximum atomic E-state index is 4.62. The predicted octanol–water partition coefficient (Wildman–Crippen LogP) is 2.66.